The molecule has 1 amide bonds. The van der Waals surface area contributed by atoms with Gasteiger partial charge in [-0.3, -0.25) is 4.79 Å². The van der Waals surface area contributed by atoms with Crippen molar-refractivity contribution in [2.45, 2.75) is 23.2 Å². The summed E-state index contributed by atoms with van der Waals surface area (Å²) >= 11 is 13.2. The number of nitrogens with zero attached hydrogens (tertiary/aromatic N) is 2. The molecule has 160 valence electrons. The maximum absolute atomic E-state index is 12.9. The Morgan fingerprint density at radius 3 is 2.77 bits per heavy atom. The fraction of sp³-hybridized carbons (Fsp3) is 0.200. The summed E-state index contributed by atoms with van der Waals surface area (Å²) in [5.41, 5.74) is 7.52. The number of hydrogen-bond acceptors (Lipinski definition) is 6. The third kappa shape index (κ3) is 4.35. The van der Waals surface area contributed by atoms with E-state index in [-0.39, 0.29) is 16.7 Å². The number of sulfonamides is 1. The second kappa shape index (κ2) is 8.30. The first-order valence-electron chi connectivity index (χ1n) is 9.16. The molecule has 4 rings (SSSR count). The lowest BCUT2D eigenvalue weighted by Gasteiger charge is -2.18. The summed E-state index contributed by atoms with van der Waals surface area (Å²) in [5.74, 6) is -0.340. The second-order valence-corrected chi connectivity index (χ2v) is 11.0. The number of thiophene rings is 1. The zero-order chi connectivity index (χ0) is 22.3. The summed E-state index contributed by atoms with van der Waals surface area (Å²) in [6, 6.07) is 10.7. The van der Waals surface area contributed by atoms with E-state index in [1.54, 1.807) is 30.3 Å². The van der Waals surface area contributed by atoms with Crippen LogP contribution >= 0.6 is 34.5 Å². The van der Waals surface area contributed by atoms with Crippen LogP contribution in [0.4, 0.5) is 5.69 Å². The third-order valence-electron chi connectivity index (χ3n) is 5.02. The maximum Gasteiger partial charge on any atom is 0.250 e. The monoisotopic (exact) mass is 494 g/mol. The van der Waals surface area contributed by atoms with Gasteiger partial charge in [0.1, 0.15) is 10.3 Å². The summed E-state index contributed by atoms with van der Waals surface area (Å²) in [5, 5.41) is 10.4. The number of carbonyl (C=O) groups is 1. The average Bonchev–Trinajstić information content (AvgIpc) is 3.29. The number of nitriles is 1. The van der Waals surface area contributed by atoms with Gasteiger partial charge in [-0.15, -0.1) is 11.3 Å². The Bertz CT molecular complexity index is 1350. The van der Waals surface area contributed by atoms with Crippen LogP contribution in [-0.2, 0) is 21.4 Å². The number of nitrogens with two attached hydrogens (primary N) is 1. The van der Waals surface area contributed by atoms with E-state index in [4.69, 9.17) is 34.2 Å². The molecule has 1 fully saturated rings. The minimum absolute atomic E-state index is 0.0592. The molecule has 0 bridgehead atoms. The normalized spacial score (nSPS) is 16.7. The highest BCUT2D eigenvalue weighted by molar-refractivity contribution is 7.91. The van der Waals surface area contributed by atoms with Crippen molar-refractivity contribution >= 4 is 66.2 Å². The Kier molecular flexibility index (Phi) is 5.85. The van der Waals surface area contributed by atoms with Crippen LogP contribution in [0, 0.1) is 11.3 Å². The van der Waals surface area contributed by atoms with Crippen molar-refractivity contribution in [2.24, 2.45) is 0 Å². The van der Waals surface area contributed by atoms with Gasteiger partial charge in [-0.05, 0) is 48.4 Å². The zero-order valence-electron chi connectivity index (χ0n) is 15.9. The van der Waals surface area contributed by atoms with Gasteiger partial charge in [0.25, 0.3) is 10.0 Å². The van der Waals surface area contributed by atoms with Crippen LogP contribution in [0.25, 0.3) is 10.1 Å². The number of nitrogens with one attached hydrogen (secondary N) is 1. The molecule has 1 aliphatic heterocycles. The highest BCUT2D eigenvalue weighted by Crippen LogP contribution is 2.36. The van der Waals surface area contributed by atoms with Crippen molar-refractivity contribution in [3.63, 3.8) is 0 Å². The fourth-order valence-electron chi connectivity index (χ4n) is 3.44. The molecule has 3 aromatic rings. The summed E-state index contributed by atoms with van der Waals surface area (Å²) in [6.45, 7) is 0.575. The number of halogens is 2. The lowest BCUT2D eigenvalue weighted by Crippen LogP contribution is -2.41. The van der Waals surface area contributed by atoms with Crippen LogP contribution < -0.4 is 10.5 Å². The summed E-state index contributed by atoms with van der Waals surface area (Å²) in [6.07, 6.45) is 0.327. The molecule has 0 spiro atoms. The third-order valence-corrected chi connectivity index (χ3v) is 8.58. The van der Waals surface area contributed by atoms with Crippen molar-refractivity contribution in [3.05, 3.63) is 57.6 Å². The lowest BCUT2D eigenvalue weighted by molar-refractivity contribution is -0.129. The molecule has 0 saturated carbocycles. The van der Waals surface area contributed by atoms with E-state index in [1.807, 2.05) is 6.07 Å². The van der Waals surface area contributed by atoms with E-state index in [9.17, 15) is 13.2 Å². The van der Waals surface area contributed by atoms with E-state index in [0.717, 1.165) is 11.3 Å². The molecular weight excluding hydrogens is 479 g/mol. The fourth-order valence-corrected chi connectivity index (χ4v) is 6.80. The minimum Gasteiger partial charge on any atom is -0.398 e. The quantitative estimate of drug-likeness (QED) is 0.523. The highest BCUT2D eigenvalue weighted by Gasteiger charge is 2.35. The van der Waals surface area contributed by atoms with Crippen LogP contribution in [0.5, 0.6) is 0 Å². The largest absolute Gasteiger partial charge is 0.398 e. The Balaban J connectivity index is 1.52. The number of anilines is 1. The summed E-state index contributed by atoms with van der Waals surface area (Å²) in [7, 11) is -3.93. The van der Waals surface area contributed by atoms with E-state index in [2.05, 4.69) is 4.72 Å². The van der Waals surface area contributed by atoms with E-state index in [0.29, 0.717) is 49.9 Å². The number of likely N-dealkylation sites (tertiary alicyclic amines) is 1. The molecule has 1 saturated heterocycles. The molecule has 0 radical (unpaired) electrons. The van der Waals surface area contributed by atoms with Crippen molar-refractivity contribution in [3.8, 4) is 6.07 Å². The number of rotatable bonds is 5. The number of hydrogen-bond donors (Lipinski definition) is 2. The number of amides is 1. The highest BCUT2D eigenvalue weighted by atomic mass is 35.5. The number of fused-ring (bicyclic) bond motifs is 1. The molecular formula is C20H16Cl2N4O3S2. The van der Waals surface area contributed by atoms with Gasteiger partial charge in [-0.25, -0.2) is 8.42 Å². The van der Waals surface area contributed by atoms with Gasteiger partial charge < -0.3 is 10.6 Å². The minimum atomic E-state index is -3.93. The molecule has 0 aliphatic carbocycles. The second-order valence-electron chi connectivity index (χ2n) is 7.11. The van der Waals surface area contributed by atoms with Gasteiger partial charge in [0.05, 0.1) is 16.7 Å². The zero-order valence-corrected chi connectivity index (χ0v) is 19.1. The number of carbonyl (C=O) groups excluding carboxylic acids is 1. The van der Waals surface area contributed by atoms with Gasteiger partial charge in [0, 0.05) is 33.9 Å². The van der Waals surface area contributed by atoms with Crippen molar-refractivity contribution < 1.29 is 13.2 Å². The molecule has 31 heavy (non-hydrogen) atoms. The number of nitrogen functional groups attached to an aromatic ring is 1. The maximum atomic E-state index is 12.9. The van der Waals surface area contributed by atoms with Crippen LogP contribution in [0.3, 0.4) is 0 Å². The molecule has 1 aromatic heterocycles. The van der Waals surface area contributed by atoms with Crippen molar-refractivity contribution in [1.82, 2.24) is 9.62 Å². The van der Waals surface area contributed by atoms with E-state index in [1.165, 1.54) is 11.0 Å². The molecule has 11 heteroatoms. The predicted molar refractivity (Wildman–Crippen MR) is 122 cm³/mol. The molecule has 2 heterocycles. The van der Waals surface area contributed by atoms with Crippen LogP contribution in [0.2, 0.25) is 10.0 Å². The van der Waals surface area contributed by atoms with E-state index < -0.39 is 16.1 Å². The Hall–Kier alpha value is -2.35. The standard InChI is InChI=1S/C20H16Cl2N4O3S2/c21-13-6-15(22)14-8-19(30-18(14)7-13)31(28,29)25-17-3-4-26(20(17)27)10-12-5-11(9-23)1-2-16(12)24/h1-2,5-8,17,25H,3-4,10,24H2/t17-/m0/s1. The Labute approximate surface area is 193 Å². The van der Waals surface area contributed by atoms with Crippen LogP contribution in [0.15, 0.2) is 40.6 Å². The summed E-state index contributed by atoms with van der Waals surface area (Å²) < 4.78 is 29.0. The molecule has 1 atom stereocenters. The average molecular weight is 495 g/mol. The van der Waals surface area contributed by atoms with Gasteiger partial charge in [0.2, 0.25) is 5.91 Å². The van der Waals surface area contributed by atoms with Crippen molar-refractivity contribution in [1.29, 1.82) is 5.26 Å². The summed E-state index contributed by atoms with van der Waals surface area (Å²) in [4.78, 5) is 14.3. The van der Waals surface area contributed by atoms with Gasteiger partial charge in [-0.1, -0.05) is 23.2 Å². The Morgan fingerprint density at radius 2 is 2.03 bits per heavy atom. The molecule has 0 unspecified atom stereocenters. The molecule has 7 nitrogen and oxygen atoms in total. The first kappa shape index (κ1) is 21.9. The van der Waals surface area contributed by atoms with Gasteiger partial charge in [-0.2, -0.15) is 9.98 Å². The van der Waals surface area contributed by atoms with Gasteiger partial charge >= 0.3 is 0 Å². The molecule has 2 aromatic carbocycles. The topological polar surface area (TPSA) is 116 Å². The van der Waals surface area contributed by atoms with Crippen LogP contribution in [0.1, 0.15) is 17.5 Å². The first-order chi connectivity index (χ1) is 14.7. The smallest absolute Gasteiger partial charge is 0.250 e. The molecule has 3 N–H and O–H groups in total. The van der Waals surface area contributed by atoms with Gasteiger partial charge in [0.15, 0.2) is 0 Å². The lowest BCUT2D eigenvalue weighted by atomic mass is 10.1. The first-order valence-corrected chi connectivity index (χ1v) is 12.2. The Morgan fingerprint density at radius 1 is 1.26 bits per heavy atom. The number of benzene rings is 2. The van der Waals surface area contributed by atoms with Crippen LogP contribution in [-0.4, -0.2) is 31.8 Å². The molecule has 1 aliphatic rings. The predicted octanol–water partition coefficient (Wildman–Crippen LogP) is 3.74. The van der Waals surface area contributed by atoms with Crippen molar-refractivity contribution in [2.75, 3.05) is 12.3 Å². The van der Waals surface area contributed by atoms with E-state index >= 15 is 0 Å². The SMILES string of the molecule is N#Cc1ccc(N)c(CN2CC[C@H](NS(=O)(=O)c3cc4c(Cl)cc(Cl)cc4s3)C2=O)c1.